The van der Waals surface area contributed by atoms with Crippen LogP contribution >= 0.6 is 12.0 Å². The molecule has 0 amide bonds. The lowest BCUT2D eigenvalue weighted by Crippen LogP contribution is -2.21. The van der Waals surface area contributed by atoms with Crippen LogP contribution in [0, 0.1) is 0 Å². The maximum absolute atomic E-state index is 12.3. The van der Waals surface area contributed by atoms with Gasteiger partial charge in [-0.2, -0.15) is 0 Å². The van der Waals surface area contributed by atoms with Gasteiger partial charge in [-0.3, -0.25) is 0 Å². The van der Waals surface area contributed by atoms with Crippen LogP contribution in [0.5, 0.6) is 0 Å². The van der Waals surface area contributed by atoms with Crippen LogP contribution in [-0.4, -0.2) is 18.7 Å². The third kappa shape index (κ3) is 8.34. The minimum Gasteiger partial charge on any atom is -0.382 e. The molecule has 4 heteroatoms. The number of rotatable bonds is 12. The Kier molecular flexibility index (Phi) is 10.5. The fourth-order valence-corrected chi connectivity index (χ4v) is 4.73. The van der Waals surface area contributed by atoms with Gasteiger partial charge in [0, 0.05) is 11.5 Å². The van der Waals surface area contributed by atoms with Gasteiger partial charge in [0.1, 0.15) is 0 Å². The molecule has 0 bridgehead atoms. The first kappa shape index (κ1) is 23.9. The van der Waals surface area contributed by atoms with E-state index in [1.54, 1.807) is 0 Å². The molecule has 1 aliphatic rings. The third-order valence-corrected chi connectivity index (χ3v) is 6.80. The smallest absolute Gasteiger partial charge is 0.350 e. The van der Waals surface area contributed by atoms with Crippen LogP contribution in [0.2, 0.25) is 0 Å². The molecule has 3 rings (SSSR count). The summed E-state index contributed by atoms with van der Waals surface area (Å²) < 4.78 is 11.5. The standard InChI is InChI=1S/C27H36O3S/c1-2-3-4-5-6-10-21-29-25-19-17-23(18-20-25)22-13-15-24(16-14-22)27(28)30-31-26-11-8-7-9-12-26/h7-9,11-16,23,25H,2-6,10,17-21H2,1H3. The van der Waals surface area contributed by atoms with E-state index in [1.165, 1.54) is 44.1 Å². The maximum Gasteiger partial charge on any atom is 0.350 e. The first-order valence-corrected chi connectivity index (χ1v) is 12.7. The molecule has 0 aromatic heterocycles. The summed E-state index contributed by atoms with van der Waals surface area (Å²) >= 11 is 1.11. The highest BCUT2D eigenvalue weighted by atomic mass is 32.2. The third-order valence-electron chi connectivity index (χ3n) is 6.10. The van der Waals surface area contributed by atoms with E-state index in [0.717, 1.165) is 49.2 Å². The number of unbranched alkanes of at least 4 members (excludes halogenated alkanes) is 5. The van der Waals surface area contributed by atoms with Crippen LogP contribution in [0.1, 0.15) is 93.0 Å². The van der Waals surface area contributed by atoms with Crippen molar-refractivity contribution in [2.24, 2.45) is 0 Å². The van der Waals surface area contributed by atoms with E-state index in [0.29, 0.717) is 17.6 Å². The lowest BCUT2D eigenvalue weighted by Gasteiger charge is -2.29. The molecular weight excluding hydrogens is 404 g/mol. The summed E-state index contributed by atoms with van der Waals surface area (Å²) in [7, 11) is 0. The molecular formula is C27H36O3S. The van der Waals surface area contributed by atoms with Gasteiger partial charge in [-0.1, -0.05) is 69.4 Å². The average Bonchev–Trinajstić information content (AvgIpc) is 2.83. The van der Waals surface area contributed by atoms with Crippen molar-refractivity contribution in [2.45, 2.75) is 88.0 Å². The highest BCUT2D eigenvalue weighted by molar-refractivity contribution is 7.95. The van der Waals surface area contributed by atoms with Crippen molar-refractivity contribution in [3.8, 4) is 0 Å². The zero-order valence-electron chi connectivity index (χ0n) is 18.8. The summed E-state index contributed by atoms with van der Waals surface area (Å²) in [6, 6.07) is 17.6. The molecule has 1 saturated carbocycles. The summed E-state index contributed by atoms with van der Waals surface area (Å²) in [6.07, 6.45) is 12.9. The van der Waals surface area contributed by atoms with Gasteiger partial charge in [0.05, 0.1) is 23.7 Å². The van der Waals surface area contributed by atoms with E-state index in [1.807, 2.05) is 42.5 Å². The van der Waals surface area contributed by atoms with Gasteiger partial charge >= 0.3 is 5.97 Å². The average molecular weight is 441 g/mol. The Morgan fingerprint density at radius 2 is 1.55 bits per heavy atom. The second-order valence-electron chi connectivity index (χ2n) is 8.50. The van der Waals surface area contributed by atoms with Crippen LogP contribution in [-0.2, 0) is 8.92 Å². The topological polar surface area (TPSA) is 35.5 Å². The number of hydrogen-bond acceptors (Lipinski definition) is 4. The molecule has 0 spiro atoms. The van der Waals surface area contributed by atoms with Gasteiger partial charge in [-0.25, -0.2) is 4.79 Å². The van der Waals surface area contributed by atoms with Crippen molar-refractivity contribution >= 4 is 18.0 Å². The first-order chi connectivity index (χ1) is 15.3. The van der Waals surface area contributed by atoms with Gasteiger partial charge in [0.15, 0.2) is 0 Å². The van der Waals surface area contributed by atoms with E-state index in [2.05, 4.69) is 19.1 Å². The molecule has 168 valence electrons. The second-order valence-corrected chi connectivity index (χ2v) is 9.31. The summed E-state index contributed by atoms with van der Waals surface area (Å²) in [5.74, 6) is 0.268. The predicted molar refractivity (Wildman–Crippen MR) is 128 cm³/mol. The number of carbonyl (C=O) groups is 1. The van der Waals surface area contributed by atoms with E-state index >= 15 is 0 Å². The van der Waals surface area contributed by atoms with E-state index in [-0.39, 0.29) is 5.97 Å². The first-order valence-electron chi connectivity index (χ1n) is 11.9. The van der Waals surface area contributed by atoms with Crippen molar-refractivity contribution in [1.29, 1.82) is 0 Å². The summed E-state index contributed by atoms with van der Waals surface area (Å²) in [4.78, 5) is 13.2. The largest absolute Gasteiger partial charge is 0.382 e. The zero-order chi connectivity index (χ0) is 21.7. The maximum atomic E-state index is 12.3. The molecule has 1 aliphatic carbocycles. The summed E-state index contributed by atoms with van der Waals surface area (Å²) in [5.41, 5.74) is 1.92. The predicted octanol–water partition coefficient (Wildman–Crippen LogP) is 7.95. The fourth-order valence-electron chi connectivity index (χ4n) is 4.20. The molecule has 0 radical (unpaired) electrons. The molecule has 2 aromatic rings. The van der Waals surface area contributed by atoms with Crippen molar-refractivity contribution in [3.05, 3.63) is 65.7 Å². The van der Waals surface area contributed by atoms with Gasteiger partial charge in [-0.15, -0.1) is 0 Å². The van der Waals surface area contributed by atoms with E-state index in [9.17, 15) is 4.79 Å². The molecule has 0 unspecified atom stereocenters. The monoisotopic (exact) mass is 440 g/mol. The van der Waals surface area contributed by atoms with Crippen LogP contribution in [0.4, 0.5) is 0 Å². The number of ether oxygens (including phenoxy) is 1. The highest BCUT2D eigenvalue weighted by Gasteiger charge is 2.23. The van der Waals surface area contributed by atoms with Gasteiger partial charge < -0.3 is 8.92 Å². The molecule has 0 heterocycles. The van der Waals surface area contributed by atoms with Crippen LogP contribution in [0.15, 0.2) is 59.5 Å². The Balaban J connectivity index is 1.34. The molecule has 2 aromatic carbocycles. The van der Waals surface area contributed by atoms with E-state index < -0.39 is 0 Å². The lowest BCUT2D eigenvalue weighted by atomic mass is 9.82. The van der Waals surface area contributed by atoms with Crippen LogP contribution in [0.25, 0.3) is 0 Å². The lowest BCUT2D eigenvalue weighted by molar-refractivity contribution is 0.0226. The van der Waals surface area contributed by atoms with Crippen LogP contribution in [0.3, 0.4) is 0 Å². The Labute approximate surface area is 192 Å². The molecule has 0 saturated heterocycles. The number of benzene rings is 2. The molecule has 0 aliphatic heterocycles. The Morgan fingerprint density at radius 3 is 2.26 bits per heavy atom. The van der Waals surface area contributed by atoms with Crippen molar-refractivity contribution in [1.82, 2.24) is 0 Å². The number of carbonyl (C=O) groups excluding carboxylic acids is 1. The molecule has 0 N–H and O–H groups in total. The van der Waals surface area contributed by atoms with Gasteiger partial charge in [-0.05, 0) is 67.9 Å². The minimum absolute atomic E-state index is 0.299. The molecule has 3 nitrogen and oxygen atoms in total. The molecule has 0 atom stereocenters. The summed E-state index contributed by atoms with van der Waals surface area (Å²) in [5, 5.41) is 0. The normalized spacial score (nSPS) is 18.6. The fraction of sp³-hybridized carbons (Fsp3) is 0.519. The molecule has 31 heavy (non-hydrogen) atoms. The number of hydrogen-bond donors (Lipinski definition) is 0. The Bertz CT molecular complexity index is 752. The Morgan fingerprint density at radius 1 is 0.871 bits per heavy atom. The van der Waals surface area contributed by atoms with Crippen molar-refractivity contribution in [2.75, 3.05) is 6.61 Å². The quantitative estimate of drug-likeness (QED) is 0.248. The summed E-state index contributed by atoms with van der Waals surface area (Å²) in [6.45, 7) is 3.17. The zero-order valence-corrected chi connectivity index (χ0v) is 19.6. The van der Waals surface area contributed by atoms with Gasteiger partial charge in [0.25, 0.3) is 0 Å². The SMILES string of the molecule is CCCCCCCCOC1CCC(c2ccc(C(=O)OSc3ccccc3)cc2)CC1. The van der Waals surface area contributed by atoms with Crippen molar-refractivity contribution in [3.63, 3.8) is 0 Å². The van der Waals surface area contributed by atoms with E-state index in [4.69, 9.17) is 8.92 Å². The van der Waals surface area contributed by atoms with Gasteiger partial charge in [0.2, 0.25) is 0 Å². The van der Waals surface area contributed by atoms with Crippen molar-refractivity contribution < 1.29 is 13.7 Å². The minimum atomic E-state index is -0.299. The second kappa shape index (κ2) is 13.6. The van der Waals surface area contributed by atoms with Crippen LogP contribution < -0.4 is 0 Å². The highest BCUT2D eigenvalue weighted by Crippen LogP contribution is 2.34. The molecule has 1 fully saturated rings. The Hall–Kier alpha value is -1.78.